The van der Waals surface area contributed by atoms with Crippen LogP contribution in [0.1, 0.15) is 11.4 Å². The average molecular weight is 282 g/mol. The maximum absolute atomic E-state index is 6.06. The van der Waals surface area contributed by atoms with Crippen LogP contribution in [0.15, 0.2) is 42.5 Å². The fraction of sp³-hybridized carbons (Fsp3) is 0.353. The predicted octanol–water partition coefficient (Wildman–Crippen LogP) is 2.29. The summed E-state index contributed by atoms with van der Waals surface area (Å²) in [7, 11) is 0. The number of hydrogen-bond donors (Lipinski definition) is 1. The number of para-hydroxylation sites is 2. The molecule has 0 unspecified atom stereocenters. The van der Waals surface area contributed by atoms with E-state index in [1.807, 2.05) is 25.1 Å². The van der Waals surface area contributed by atoms with Gasteiger partial charge in [0.2, 0.25) is 0 Å². The Hall–Kier alpha value is -2.07. The van der Waals surface area contributed by atoms with Gasteiger partial charge in [-0.2, -0.15) is 0 Å². The minimum Gasteiger partial charge on any atom is -0.397 e. The van der Waals surface area contributed by atoms with Crippen molar-refractivity contribution >= 4 is 11.4 Å². The van der Waals surface area contributed by atoms with Gasteiger partial charge in [-0.15, -0.1) is 0 Å². The molecule has 110 valence electrons. The van der Waals surface area contributed by atoms with E-state index in [0.29, 0.717) is 0 Å². The molecule has 3 rings (SSSR count). The molecule has 1 aliphatic rings. The van der Waals surface area contributed by atoms with Gasteiger partial charge in [-0.3, -0.25) is 9.88 Å². The maximum atomic E-state index is 6.06. The van der Waals surface area contributed by atoms with E-state index in [-0.39, 0.29) is 0 Å². The van der Waals surface area contributed by atoms with Crippen LogP contribution >= 0.6 is 0 Å². The monoisotopic (exact) mass is 282 g/mol. The lowest BCUT2D eigenvalue weighted by atomic mass is 10.2. The molecule has 0 bridgehead atoms. The summed E-state index contributed by atoms with van der Waals surface area (Å²) in [6.07, 6.45) is 0. The Morgan fingerprint density at radius 1 is 1.00 bits per heavy atom. The zero-order valence-corrected chi connectivity index (χ0v) is 12.5. The van der Waals surface area contributed by atoms with Gasteiger partial charge in [-0.05, 0) is 31.2 Å². The quantitative estimate of drug-likeness (QED) is 0.877. The van der Waals surface area contributed by atoms with Gasteiger partial charge in [-0.1, -0.05) is 18.2 Å². The van der Waals surface area contributed by atoms with Crippen molar-refractivity contribution in [2.45, 2.75) is 13.5 Å². The van der Waals surface area contributed by atoms with E-state index in [9.17, 15) is 0 Å². The molecule has 0 saturated carbocycles. The zero-order valence-electron chi connectivity index (χ0n) is 12.5. The molecule has 2 heterocycles. The van der Waals surface area contributed by atoms with Gasteiger partial charge in [0.1, 0.15) is 0 Å². The Labute approximate surface area is 126 Å². The van der Waals surface area contributed by atoms with Crippen molar-refractivity contribution in [3.8, 4) is 0 Å². The normalized spacial score (nSPS) is 16.1. The lowest BCUT2D eigenvalue weighted by Gasteiger charge is -2.36. The van der Waals surface area contributed by atoms with Crippen molar-refractivity contribution in [1.29, 1.82) is 0 Å². The number of nitrogen functional groups attached to an aromatic ring is 1. The largest absolute Gasteiger partial charge is 0.397 e. The summed E-state index contributed by atoms with van der Waals surface area (Å²) in [5, 5.41) is 0. The molecule has 0 aliphatic carbocycles. The third-order valence-corrected chi connectivity index (χ3v) is 3.98. The molecular weight excluding hydrogens is 260 g/mol. The number of nitrogens with two attached hydrogens (primary N) is 1. The molecule has 1 saturated heterocycles. The van der Waals surface area contributed by atoms with Crippen molar-refractivity contribution in [2.24, 2.45) is 0 Å². The molecule has 4 heteroatoms. The molecule has 1 aromatic heterocycles. The number of aryl methyl sites for hydroxylation is 1. The topological polar surface area (TPSA) is 45.4 Å². The number of piperazine rings is 1. The molecule has 1 aromatic carbocycles. The third-order valence-electron chi connectivity index (χ3n) is 3.98. The molecule has 1 fully saturated rings. The summed E-state index contributed by atoms with van der Waals surface area (Å²) >= 11 is 0. The first kappa shape index (κ1) is 13.9. The van der Waals surface area contributed by atoms with Crippen LogP contribution in [-0.2, 0) is 6.54 Å². The Morgan fingerprint density at radius 3 is 2.48 bits per heavy atom. The van der Waals surface area contributed by atoms with E-state index < -0.39 is 0 Å². The van der Waals surface area contributed by atoms with Gasteiger partial charge in [0.15, 0.2) is 0 Å². The number of nitrogens with zero attached hydrogens (tertiary/aromatic N) is 3. The average Bonchev–Trinajstić information content (AvgIpc) is 2.49. The van der Waals surface area contributed by atoms with Crippen LogP contribution in [0.5, 0.6) is 0 Å². The second-order valence-corrected chi connectivity index (χ2v) is 5.59. The Kier molecular flexibility index (Phi) is 4.06. The summed E-state index contributed by atoms with van der Waals surface area (Å²) in [6, 6.07) is 14.3. The van der Waals surface area contributed by atoms with Crippen LogP contribution in [0, 0.1) is 6.92 Å². The highest BCUT2D eigenvalue weighted by Crippen LogP contribution is 2.23. The molecular formula is C17H22N4. The molecule has 21 heavy (non-hydrogen) atoms. The van der Waals surface area contributed by atoms with Crippen molar-refractivity contribution in [3.05, 3.63) is 53.9 Å². The fourth-order valence-electron chi connectivity index (χ4n) is 2.84. The molecule has 0 atom stereocenters. The second-order valence-electron chi connectivity index (χ2n) is 5.59. The van der Waals surface area contributed by atoms with Crippen LogP contribution in [-0.4, -0.2) is 36.1 Å². The zero-order chi connectivity index (χ0) is 14.7. The molecule has 1 aliphatic heterocycles. The van der Waals surface area contributed by atoms with Crippen molar-refractivity contribution in [2.75, 3.05) is 36.8 Å². The SMILES string of the molecule is Cc1cccc(CN2CCN(c3ccccc3N)CC2)n1. The molecule has 2 aromatic rings. The van der Waals surface area contributed by atoms with E-state index in [2.05, 4.69) is 39.0 Å². The van der Waals surface area contributed by atoms with Crippen molar-refractivity contribution in [3.63, 3.8) is 0 Å². The molecule has 0 radical (unpaired) electrons. The fourth-order valence-corrected chi connectivity index (χ4v) is 2.84. The Morgan fingerprint density at radius 2 is 1.76 bits per heavy atom. The molecule has 0 spiro atoms. The first-order chi connectivity index (χ1) is 10.2. The summed E-state index contributed by atoms with van der Waals surface area (Å²) in [5.41, 5.74) is 10.3. The standard InChI is InChI=1S/C17H22N4/c1-14-5-4-6-15(19-14)13-20-9-11-21(12-10-20)17-8-3-2-7-16(17)18/h2-8H,9-13,18H2,1H3. The van der Waals surface area contributed by atoms with Crippen LogP contribution in [0.3, 0.4) is 0 Å². The summed E-state index contributed by atoms with van der Waals surface area (Å²) in [5.74, 6) is 0. The van der Waals surface area contributed by atoms with Gasteiger partial charge in [-0.25, -0.2) is 0 Å². The Balaban J connectivity index is 1.59. The van der Waals surface area contributed by atoms with Crippen molar-refractivity contribution < 1.29 is 0 Å². The van der Waals surface area contributed by atoms with Gasteiger partial charge < -0.3 is 10.6 Å². The van der Waals surface area contributed by atoms with Crippen LogP contribution in [0.4, 0.5) is 11.4 Å². The number of benzene rings is 1. The van der Waals surface area contributed by atoms with E-state index in [1.165, 1.54) is 0 Å². The number of aromatic nitrogens is 1. The summed E-state index contributed by atoms with van der Waals surface area (Å²) in [6.45, 7) is 7.09. The second kappa shape index (κ2) is 6.14. The first-order valence-corrected chi connectivity index (χ1v) is 7.47. The van der Waals surface area contributed by atoms with E-state index in [0.717, 1.165) is 55.5 Å². The maximum Gasteiger partial charge on any atom is 0.0600 e. The van der Waals surface area contributed by atoms with Crippen LogP contribution in [0.25, 0.3) is 0 Å². The number of rotatable bonds is 3. The molecule has 0 amide bonds. The first-order valence-electron chi connectivity index (χ1n) is 7.47. The number of anilines is 2. The van der Waals surface area contributed by atoms with Crippen molar-refractivity contribution in [1.82, 2.24) is 9.88 Å². The predicted molar refractivity (Wildman–Crippen MR) is 87.3 cm³/mol. The lowest BCUT2D eigenvalue weighted by Crippen LogP contribution is -2.46. The highest BCUT2D eigenvalue weighted by molar-refractivity contribution is 5.67. The lowest BCUT2D eigenvalue weighted by molar-refractivity contribution is 0.247. The third kappa shape index (κ3) is 3.34. The number of hydrogen-bond acceptors (Lipinski definition) is 4. The molecule has 4 nitrogen and oxygen atoms in total. The van der Waals surface area contributed by atoms with Gasteiger partial charge in [0.25, 0.3) is 0 Å². The van der Waals surface area contributed by atoms with Crippen LogP contribution < -0.4 is 10.6 Å². The van der Waals surface area contributed by atoms with Crippen LogP contribution in [0.2, 0.25) is 0 Å². The highest BCUT2D eigenvalue weighted by Gasteiger charge is 2.18. The minimum atomic E-state index is 0.867. The Bertz CT molecular complexity index is 603. The smallest absolute Gasteiger partial charge is 0.0600 e. The summed E-state index contributed by atoms with van der Waals surface area (Å²) in [4.78, 5) is 9.41. The highest BCUT2D eigenvalue weighted by atomic mass is 15.3. The minimum absolute atomic E-state index is 0.867. The van der Waals surface area contributed by atoms with E-state index in [4.69, 9.17) is 5.73 Å². The summed E-state index contributed by atoms with van der Waals surface area (Å²) < 4.78 is 0. The van der Waals surface area contributed by atoms with Gasteiger partial charge in [0.05, 0.1) is 17.1 Å². The van der Waals surface area contributed by atoms with E-state index in [1.54, 1.807) is 0 Å². The van der Waals surface area contributed by atoms with Gasteiger partial charge >= 0.3 is 0 Å². The number of pyridine rings is 1. The molecule has 2 N–H and O–H groups in total. The van der Waals surface area contributed by atoms with Gasteiger partial charge in [0, 0.05) is 38.4 Å². The van der Waals surface area contributed by atoms with E-state index >= 15 is 0 Å².